The molecule has 1 N–H and O–H groups in total. The molecule has 6 heteroatoms. The minimum absolute atomic E-state index is 0.241. The van der Waals surface area contributed by atoms with E-state index >= 15 is 0 Å². The standard InChI is InChI=1S/C12H8BrClFNO2/c13-8-2-1-7(5-10(8)15)18-12-4-3-9(14)11(6-17)16-12/h1-5,17H,6H2. The Hall–Kier alpha value is -1.17. The molecule has 0 radical (unpaired) electrons. The van der Waals surface area contributed by atoms with E-state index in [0.29, 0.717) is 20.9 Å². The molecule has 1 heterocycles. The fourth-order valence-electron chi connectivity index (χ4n) is 1.29. The van der Waals surface area contributed by atoms with Gasteiger partial charge in [0, 0.05) is 12.1 Å². The van der Waals surface area contributed by atoms with E-state index in [4.69, 9.17) is 21.4 Å². The third kappa shape index (κ3) is 2.98. The molecule has 1 aromatic carbocycles. The van der Waals surface area contributed by atoms with Crippen molar-refractivity contribution in [1.29, 1.82) is 0 Å². The maximum absolute atomic E-state index is 13.3. The Kier molecular flexibility index (Phi) is 4.16. The van der Waals surface area contributed by atoms with Crippen molar-refractivity contribution in [3.8, 4) is 11.6 Å². The Morgan fingerprint density at radius 3 is 2.78 bits per heavy atom. The molecule has 0 aliphatic heterocycles. The zero-order chi connectivity index (χ0) is 13.1. The quantitative estimate of drug-likeness (QED) is 0.926. The Bertz CT molecular complexity index is 580. The SMILES string of the molecule is OCc1nc(Oc2ccc(Br)c(F)c2)ccc1Cl. The van der Waals surface area contributed by atoms with Crippen molar-refractivity contribution in [3.63, 3.8) is 0 Å². The summed E-state index contributed by atoms with van der Waals surface area (Å²) < 4.78 is 19.0. The van der Waals surface area contributed by atoms with Crippen molar-refractivity contribution in [1.82, 2.24) is 4.98 Å². The number of aromatic nitrogens is 1. The number of benzene rings is 1. The van der Waals surface area contributed by atoms with Crippen LogP contribution in [0.3, 0.4) is 0 Å². The van der Waals surface area contributed by atoms with E-state index in [1.54, 1.807) is 18.2 Å². The highest BCUT2D eigenvalue weighted by Gasteiger charge is 2.06. The number of ether oxygens (including phenoxy) is 1. The minimum Gasteiger partial charge on any atom is -0.439 e. The summed E-state index contributed by atoms with van der Waals surface area (Å²) in [6.45, 7) is -0.287. The molecule has 2 aromatic rings. The number of aliphatic hydroxyl groups excluding tert-OH is 1. The topological polar surface area (TPSA) is 42.4 Å². The second-order valence-corrected chi connectivity index (χ2v) is 4.68. The van der Waals surface area contributed by atoms with E-state index in [1.165, 1.54) is 12.1 Å². The van der Waals surface area contributed by atoms with Crippen molar-refractivity contribution in [2.75, 3.05) is 0 Å². The maximum Gasteiger partial charge on any atom is 0.219 e. The van der Waals surface area contributed by atoms with Crippen LogP contribution in [0.2, 0.25) is 5.02 Å². The van der Waals surface area contributed by atoms with Gasteiger partial charge in [0.25, 0.3) is 0 Å². The molecule has 0 fully saturated rings. The van der Waals surface area contributed by atoms with Crippen molar-refractivity contribution in [2.24, 2.45) is 0 Å². The highest BCUT2D eigenvalue weighted by atomic mass is 79.9. The molecule has 1 aromatic heterocycles. The van der Waals surface area contributed by atoms with Crippen LogP contribution < -0.4 is 4.74 Å². The third-order valence-corrected chi connectivity index (χ3v) is 3.14. The molecule has 0 aliphatic rings. The smallest absolute Gasteiger partial charge is 0.219 e. The van der Waals surface area contributed by atoms with Crippen molar-refractivity contribution >= 4 is 27.5 Å². The van der Waals surface area contributed by atoms with Crippen molar-refractivity contribution < 1.29 is 14.2 Å². The van der Waals surface area contributed by atoms with Crippen LogP contribution in [-0.4, -0.2) is 10.1 Å². The predicted molar refractivity (Wildman–Crippen MR) is 69.3 cm³/mol. The van der Waals surface area contributed by atoms with Gasteiger partial charge >= 0.3 is 0 Å². The Morgan fingerprint density at radius 1 is 1.33 bits per heavy atom. The zero-order valence-electron chi connectivity index (χ0n) is 9.03. The van der Waals surface area contributed by atoms with E-state index in [2.05, 4.69) is 20.9 Å². The summed E-state index contributed by atoms with van der Waals surface area (Å²) in [5.74, 6) is 0.128. The number of aliphatic hydroxyl groups is 1. The number of pyridine rings is 1. The van der Waals surface area contributed by atoms with Crippen LogP contribution in [0.1, 0.15) is 5.69 Å². The molecule has 0 unspecified atom stereocenters. The molecular formula is C12H8BrClFNO2. The second-order valence-electron chi connectivity index (χ2n) is 3.41. The number of nitrogens with zero attached hydrogens (tertiary/aromatic N) is 1. The summed E-state index contributed by atoms with van der Waals surface area (Å²) in [5.41, 5.74) is 0.312. The summed E-state index contributed by atoms with van der Waals surface area (Å²) in [7, 11) is 0. The highest BCUT2D eigenvalue weighted by molar-refractivity contribution is 9.10. The molecule has 0 bridgehead atoms. The van der Waals surface area contributed by atoms with Crippen LogP contribution in [0.4, 0.5) is 4.39 Å². The Labute approximate surface area is 116 Å². The molecule has 18 heavy (non-hydrogen) atoms. The van der Waals surface area contributed by atoms with Gasteiger partial charge in [0.1, 0.15) is 11.6 Å². The van der Waals surface area contributed by atoms with Crippen molar-refractivity contribution in [2.45, 2.75) is 6.61 Å². The first-order valence-electron chi connectivity index (χ1n) is 4.99. The van der Waals surface area contributed by atoms with Crippen LogP contribution in [0.25, 0.3) is 0 Å². The average Bonchev–Trinajstić information content (AvgIpc) is 2.36. The van der Waals surface area contributed by atoms with Crippen molar-refractivity contribution in [3.05, 3.63) is 51.3 Å². The first-order valence-corrected chi connectivity index (χ1v) is 6.16. The molecule has 3 nitrogen and oxygen atoms in total. The lowest BCUT2D eigenvalue weighted by Gasteiger charge is -2.07. The lowest BCUT2D eigenvalue weighted by molar-refractivity contribution is 0.275. The molecule has 0 spiro atoms. The molecule has 94 valence electrons. The van der Waals surface area contributed by atoms with Gasteiger partial charge in [0.2, 0.25) is 5.88 Å². The normalized spacial score (nSPS) is 10.4. The summed E-state index contributed by atoms with van der Waals surface area (Å²) in [6.07, 6.45) is 0. The lowest BCUT2D eigenvalue weighted by atomic mass is 10.3. The van der Waals surface area contributed by atoms with Gasteiger partial charge in [-0.15, -0.1) is 0 Å². The minimum atomic E-state index is -0.427. The van der Waals surface area contributed by atoms with Gasteiger partial charge in [-0.3, -0.25) is 0 Å². The molecule has 0 saturated carbocycles. The van der Waals surface area contributed by atoms with E-state index in [-0.39, 0.29) is 12.5 Å². The summed E-state index contributed by atoms with van der Waals surface area (Å²) in [4.78, 5) is 4.00. The van der Waals surface area contributed by atoms with E-state index in [1.807, 2.05) is 0 Å². The van der Waals surface area contributed by atoms with Gasteiger partial charge in [0.05, 0.1) is 21.8 Å². The molecule has 0 saturated heterocycles. The summed E-state index contributed by atoms with van der Waals surface area (Å²) >= 11 is 8.85. The second kappa shape index (κ2) is 5.65. The molecule has 0 atom stereocenters. The van der Waals surface area contributed by atoms with Crippen LogP contribution in [0, 0.1) is 5.82 Å². The highest BCUT2D eigenvalue weighted by Crippen LogP contribution is 2.26. The fraction of sp³-hybridized carbons (Fsp3) is 0.0833. The van der Waals surface area contributed by atoms with Gasteiger partial charge in [-0.05, 0) is 34.1 Å². The number of halogens is 3. The molecule has 0 aliphatic carbocycles. The van der Waals surface area contributed by atoms with Crippen LogP contribution in [0.5, 0.6) is 11.6 Å². The zero-order valence-corrected chi connectivity index (χ0v) is 11.4. The van der Waals surface area contributed by atoms with Gasteiger partial charge in [-0.25, -0.2) is 9.37 Å². The number of hydrogen-bond donors (Lipinski definition) is 1. The predicted octanol–water partition coefficient (Wildman–Crippen LogP) is 3.92. The van der Waals surface area contributed by atoms with E-state index < -0.39 is 5.82 Å². The molecule has 2 rings (SSSR count). The van der Waals surface area contributed by atoms with Gasteiger partial charge in [-0.2, -0.15) is 0 Å². The van der Waals surface area contributed by atoms with Crippen LogP contribution >= 0.6 is 27.5 Å². The summed E-state index contributed by atoms with van der Waals surface area (Å²) in [6, 6.07) is 7.47. The monoisotopic (exact) mass is 331 g/mol. The van der Waals surface area contributed by atoms with Gasteiger partial charge < -0.3 is 9.84 Å². The molecule has 0 amide bonds. The summed E-state index contributed by atoms with van der Waals surface area (Å²) in [5, 5.41) is 9.37. The first kappa shape index (κ1) is 13.3. The number of rotatable bonds is 3. The lowest BCUT2D eigenvalue weighted by Crippen LogP contribution is -1.94. The third-order valence-electron chi connectivity index (χ3n) is 2.16. The van der Waals surface area contributed by atoms with Crippen LogP contribution in [0.15, 0.2) is 34.8 Å². The Morgan fingerprint density at radius 2 is 2.11 bits per heavy atom. The maximum atomic E-state index is 13.3. The number of hydrogen-bond acceptors (Lipinski definition) is 3. The van der Waals surface area contributed by atoms with E-state index in [9.17, 15) is 4.39 Å². The average molecular weight is 333 g/mol. The molecular weight excluding hydrogens is 324 g/mol. The van der Waals surface area contributed by atoms with Gasteiger partial charge in [0.15, 0.2) is 0 Å². The fourth-order valence-corrected chi connectivity index (χ4v) is 1.70. The van der Waals surface area contributed by atoms with Gasteiger partial charge in [-0.1, -0.05) is 11.6 Å². The Balaban J connectivity index is 2.25. The largest absolute Gasteiger partial charge is 0.439 e. The van der Waals surface area contributed by atoms with E-state index in [0.717, 1.165) is 0 Å². The first-order chi connectivity index (χ1) is 8.60. The van der Waals surface area contributed by atoms with Crippen LogP contribution in [-0.2, 0) is 6.61 Å².